The summed E-state index contributed by atoms with van der Waals surface area (Å²) >= 11 is 0. The van der Waals surface area contributed by atoms with E-state index < -0.39 is 24.0 Å². The van der Waals surface area contributed by atoms with Crippen LogP contribution in [0.1, 0.15) is 32.4 Å². The fourth-order valence-electron chi connectivity index (χ4n) is 1.86. The molecule has 5 nitrogen and oxygen atoms in total. The molecule has 0 fully saturated rings. The lowest BCUT2D eigenvalue weighted by Crippen LogP contribution is -2.46. The Hall–Kier alpha value is -1.88. The Kier molecular flexibility index (Phi) is 6.18. The molecule has 0 aliphatic carbocycles. The zero-order valence-electron chi connectivity index (χ0n) is 12.0. The Balaban J connectivity index is 2.87. The molecule has 1 unspecified atom stereocenters. The summed E-state index contributed by atoms with van der Waals surface area (Å²) in [6, 6.07) is 8.11. The number of hydrogen-bond donors (Lipinski definition) is 2. The number of aliphatic carboxylic acids is 1. The van der Waals surface area contributed by atoms with Crippen molar-refractivity contribution in [2.45, 2.75) is 32.9 Å². The summed E-state index contributed by atoms with van der Waals surface area (Å²) in [5, 5.41) is 11.7. The number of ether oxygens (including phenoxy) is 1. The Morgan fingerprint density at radius 3 is 2.30 bits per heavy atom. The van der Waals surface area contributed by atoms with E-state index in [4.69, 9.17) is 9.84 Å². The molecular weight excluding hydrogens is 258 g/mol. The van der Waals surface area contributed by atoms with Gasteiger partial charge in [0.05, 0.1) is 0 Å². The van der Waals surface area contributed by atoms with Crippen LogP contribution < -0.4 is 5.32 Å². The van der Waals surface area contributed by atoms with E-state index in [-0.39, 0.29) is 5.92 Å². The zero-order chi connectivity index (χ0) is 15.1. The number of carbonyl (C=O) groups is 2. The molecule has 20 heavy (non-hydrogen) atoms. The van der Waals surface area contributed by atoms with Gasteiger partial charge in [0.25, 0.3) is 5.91 Å². The first-order valence-electron chi connectivity index (χ1n) is 6.67. The molecule has 0 aliphatic rings. The number of benzene rings is 1. The molecule has 1 aromatic carbocycles. The highest BCUT2D eigenvalue weighted by molar-refractivity contribution is 5.87. The van der Waals surface area contributed by atoms with E-state index >= 15 is 0 Å². The molecule has 0 heterocycles. The largest absolute Gasteiger partial charge is 0.480 e. The molecule has 0 radical (unpaired) electrons. The van der Waals surface area contributed by atoms with Crippen molar-refractivity contribution >= 4 is 11.9 Å². The van der Waals surface area contributed by atoms with Gasteiger partial charge in [-0.1, -0.05) is 44.2 Å². The minimum absolute atomic E-state index is 0.200. The fraction of sp³-hybridized carbons (Fsp3) is 0.467. The van der Waals surface area contributed by atoms with E-state index in [1.54, 1.807) is 32.9 Å². The van der Waals surface area contributed by atoms with Crippen molar-refractivity contribution in [3.63, 3.8) is 0 Å². The average Bonchev–Trinajstić information content (AvgIpc) is 2.42. The number of carboxylic acid groups (broad SMARTS) is 1. The Bertz CT molecular complexity index is 444. The second-order valence-corrected chi connectivity index (χ2v) is 4.81. The van der Waals surface area contributed by atoms with Crippen molar-refractivity contribution in [1.29, 1.82) is 0 Å². The van der Waals surface area contributed by atoms with Crippen LogP contribution in [0.25, 0.3) is 0 Å². The number of amides is 1. The van der Waals surface area contributed by atoms with Crippen molar-refractivity contribution in [3.8, 4) is 0 Å². The quantitative estimate of drug-likeness (QED) is 0.800. The molecule has 0 aliphatic heterocycles. The number of rotatable bonds is 7. The Labute approximate surface area is 118 Å². The van der Waals surface area contributed by atoms with Crippen molar-refractivity contribution in [2.75, 3.05) is 6.61 Å². The predicted octanol–water partition coefficient (Wildman–Crippen LogP) is 1.99. The highest BCUT2D eigenvalue weighted by Crippen LogP contribution is 2.18. The molecule has 2 atom stereocenters. The highest BCUT2D eigenvalue weighted by atomic mass is 16.5. The van der Waals surface area contributed by atoms with Gasteiger partial charge >= 0.3 is 5.97 Å². The Morgan fingerprint density at radius 1 is 1.25 bits per heavy atom. The first-order valence-corrected chi connectivity index (χ1v) is 6.67. The minimum atomic E-state index is -1.04. The molecule has 0 aromatic heterocycles. The van der Waals surface area contributed by atoms with Crippen LogP contribution in [-0.2, 0) is 14.3 Å². The Morgan fingerprint density at radius 2 is 1.85 bits per heavy atom. The standard InChI is InChI=1S/C15H21NO4/c1-4-20-13(11-8-6-5-7-9-11)14(17)16-12(10(2)3)15(18)19/h5-10,12-13H,4H2,1-3H3,(H,16,17)(H,18,19)/t12-,13?/m0/s1. The number of nitrogens with one attached hydrogen (secondary N) is 1. The van der Waals surface area contributed by atoms with E-state index in [0.29, 0.717) is 12.2 Å². The van der Waals surface area contributed by atoms with Gasteiger partial charge in [-0.2, -0.15) is 0 Å². The summed E-state index contributed by atoms with van der Waals surface area (Å²) in [7, 11) is 0. The second-order valence-electron chi connectivity index (χ2n) is 4.81. The van der Waals surface area contributed by atoms with Gasteiger partial charge in [-0.3, -0.25) is 4.79 Å². The monoisotopic (exact) mass is 279 g/mol. The summed E-state index contributed by atoms with van der Waals surface area (Å²) in [5.41, 5.74) is 0.708. The molecule has 0 bridgehead atoms. The first kappa shape index (κ1) is 16.2. The van der Waals surface area contributed by atoms with Crippen LogP contribution in [0.2, 0.25) is 0 Å². The highest BCUT2D eigenvalue weighted by Gasteiger charge is 2.28. The van der Waals surface area contributed by atoms with E-state index in [2.05, 4.69) is 5.32 Å². The van der Waals surface area contributed by atoms with Crippen LogP contribution in [0.5, 0.6) is 0 Å². The molecule has 1 aromatic rings. The summed E-state index contributed by atoms with van der Waals surface area (Å²) in [5.74, 6) is -1.68. The molecule has 5 heteroatoms. The lowest BCUT2D eigenvalue weighted by Gasteiger charge is -2.22. The van der Waals surface area contributed by atoms with Crippen molar-refractivity contribution < 1.29 is 19.4 Å². The van der Waals surface area contributed by atoms with Gasteiger partial charge in [0.1, 0.15) is 6.04 Å². The molecule has 1 amide bonds. The molecule has 2 N–H and O–H groups in total. The van der Waals surface area contributed by atoms with Gasteiger partial charge in [0.2, 0.25) is 0 Å². The van der Waals surface area contributed by atoms with Gasteiger partial charge < -0.3 is 15.2 Å². The van der Waals surface area contributed by atoms with Crippen molar-refractivity contribution in [1.82, 2.24) is 5.32 Å². The van der Waals surface area contributed by atoms with Gasteiger partial charge in [-0.15, -0.1) is 0 Å². The smallest absolute Gasteiger partial charge is 0.326 e. The summed E-state index contributed by atoms with van der Waals surface area (Å²) in [6.07, 6.45) is -0.790. The van der Waals surface area contributed by atoms with E-state index in [9.17, 15) is 9.59 Å². The normalized spacial score (nSPS) is 13.8. The van der Waals surface area contributed by atoms with Gasteiger partial charge in [-0.25, -0.2) is 4.79 Å². The van der Waals surface area contributed by atoms with Crippen molar-refractivity contribution in [3.05, 3.63) is 35.9 Å². The molecular formula is C15H21NO4. The van der Waals surface area contributed by atoms with Crippen LogP contribution in [0.3, 0.4) is 0 Å². The summed E-state index contributed by atoms with van der Waals surface area (Å²) < 4.78 is 5.45. The zero-order valence-corrected chi connectivity index (χ0v) is 12.0. The van der Waals surface area contributed by atoms with Gasteiger partial charge in [0, 0.05) is 6.61 Å². The maximum Gasteiger partial charge on any atom is 0.326 e. The van der Waals surface area contributed by atoms with Crippen LogP contribution in [-0.4, -0.2) is 29.6 Å². The summed E-state index contributed by atoms with van der Waals surface area (Å²) in [6.45, 7) is 5.65. The lowest BCUT2D eigenvalue weighted by molar-refractivity contribution is -0.145. The maximum absolute atomic E-state index is 12.3. The van der Waals surface area contributed by atoms with Crippen molar-refractivity contribution in [2.24, 2.45) is 5.92 Å². The molecule has 0 spiro atoms. The van der Waals surface area contributed by atoms with Crippen LogP contribution >= 0.6 is 0 Å². The SMILES string of the molecule is CCOC(C(=O)N[C@H](C(=O)O)C(C)C)c1ccccc1. The van der Waals surface area contributed by atoms with E-state index in [0.717, 1.165) is 0 Å². The van der Waals surface area contributed by atoms with Gasteiger partial charge in [0.15, 0.2) is 6.10 Å². The first-order chi connectivity index (χ1) is 9.47. The predicted molar refractivity (Wildman–Crippen MR) is 75.2 cm³/mol. The van der Waals surface area contributed by atoms with Crippen LogP contribution in [0, 0.1) is 5.92 Å². The molecule has 0 saturated heterocycles. The molecule has 1 rings (SSSR count). The minimum Gasteiger partial charge on any atom is -0.480 e. The maximum atomic E-state index is 12.3. The topological polar surface area (TPSA) is 75.6 Å². The van der Waals surface area contributed by atoms with E-state index in [1.807, 2.05) is 18.2 Å². The number of carboxylic acids is 1. The number of hydrogen-bond acceptors (Lipinski definition) is 3. The van der Waals surface area contributed by atoms with Crippen LogP contribution in [0.4, 0.5) is 0 Å². The molecule has 110 valence electrons. The second kappa shape index (κ2) is 7.65. The third-order valence-electron chi connectivity index (χ3n) is 2.90. The summed E-state index contributed by atoms with van der Waals surface area (Å²) in [4.78, 5) is 23.4. The third-order valence-corrected chi connectivity index (χ3v) is 2.90. The number of carbonyl (C=O) groups excluding carboxylic acids is 1. The van der Waals surface area contributed by atoms with Crippen LogP contribution in [0.15, 0.2) is 30.3 Å². The third kappa shape index (κ3) is 4.35. The van der Waals surface area contributed by atoms with E-state index in [1.165, 1.54) is 0 Å². The lowest BCUT2D eigenvalue weighted by atomic mass is 10.0. The fourth-order valence-corrected chi connectivity index (χ4v) is 1.86. The van der Waals surface area contributed by atoms with Gasteiger partial charge in [-0.05, 0) is 18.4 Å². The average molecular weight is 279 g/mol. The molecule has 0 saturated carbocycles.